The van der Waals surface area contributed by atoms with Gasteiger partial charge >= 0.3 is 0 Å². The number of hydrogen-bond donors (Lipinski definition) is 1. The van der Waals surface area contributed by atoms with E-state index >= 15 is 0 Å². The summed E-state index contributed by atoms with van der Waals surface area (Å²) >= 11 is 7.52. The topological polar surface area (TPSA) is 33.1 Å². The standard InChI is InChI=1S/C13H19ClN4S/c1-17(10-13-16-6-8-18(13)2)7-5-15-9-11-3-4-12(14)19-11/h3-4,6,8,15H,5,7,9-10H2,1-2H3. The quantitative estimate of drug-likeness (QED) is 0.797. The summed E-state index contributed by atoms with van der Waals surface area (Å²) in [5.41, 5.74) is 0. The molecule has 2 heterocycles. The lowest BCUT2D eigenvalue weighted by atomic mass is 10.4. The van der Waals surface area contributed by atoms with Crippen LogP contribution in [0.25, 0.3) is 0 Å². The van der Waals surface area contributed by atoms with Gasteiger partial charge in [-0.05, 0) is 19.2 Å². The minimum atomic E-state index is 0.851. The molecule has 4 nitrogen and oxygen atoms in total. The molecule has 1 N–H and O–H groups in total. The van der Waals surface area contributed by atoms with Gasteiger partial charge in [-0.2, -0.15) is 0 Å². The number of aromatic nitrogens is 2. The molecule has 0 aliphatic rings. The second-order valence-electron chi connectivity index (χ2n) is 4.57. The summed E-state index contributed by atoms with van der Waals surface area (Å²) in [4.78, 5) is 7.86. The highest BCUT2D eigenvalue weighted by molar-refractivity contribution is 7.16. The summed E-state index contributed by atoms with van der Waals surface area (Å²) in [5, 5.41) is 3.42. The summed E-state index contributed by atoms with van der Waals surface area (Å²) < 4.78 is 2.90. The lowest BCUT2D eigenvalue weighted by molar-refractivity contribution is 0.313. The van der Waals surface area contributed by atoms with Crippen LogP contribution in [0.3, 0.4) is 0 Å². The number of aryl methyl sites for hydroxylation is 1. The van der Waals surface area contributed by atoms with Crippen LogP contribution < -0.4 is 5.32 Å². The Bertz CT molecular complexity index is 508. The number of likely N-dealkylation sites (N-methyl/N-ethyl adjacent to an activating group) is 1. The molecule has 0 aromatic carbocycles. The van der Waals surface area contributed by atoms with Gasteiger partial charge in [0.15, 0.2) is 0 Å². The van der Waals surface area contributed by atoms with Crippen molar-refractivity contribution < 1.29 is 0 Å². The average Bonchev–Trinajstić information content (AvgIpc) is 2.95. The Morgan fingerprint density at radius 3 is 2.95 bits per heavy atom. The fraction of sp³-hybridized carbons (Fsp3) is 0.462. The fourth-order valence-electron chi connectivity index (χ4n) is 1.80. The molecule has 0 unspecified atom stereocenters. The van der Waals surface area contributed by atoms with Crippen LogP contribution >= 0.6 is 22.9 Å². The van der Waals surface area contributed by atoms with Gasteiger partial charge in [0, 0.05) is 44.0 Å². The third-order valence-electron chi connectivity index (χ3n) is 2.93. The van der Waals surface area contributed by atoms with Gasteiger partial charge in [-0.1, -0.05) is 11.6 Å². The number of nitrogens with zero attached hydrogens (tertiary/aromatic N) is 3. The normalized spacial score (nSPS) is 11.4. The molecule has 0 bridgehead atoms. The number of imidazole rings is 1. The molecule has 104 valence electrons. The molecule has 2 aromatic heterocycles. The maximum absolute atomic E-state index is 5.89. The Balaban J connectivity index is 1.64. The average molecular weight is 299 g/mol. The molecule has 0 aliphatic heterocycles. The molecule has 2 rings (SSSR count). The van der Waals surface area contributed by atoms with Crippen molar-refractivity contribution in [3.63, 3.8) is 0 Å². The Morgan fingerprint density at radius 2 is 2.32 bits per heavy atom. The zero-order valence-electron chi connectivity index (χ0n) is 11.3. The predicted octanol–water partition coefficient (Wildman–Crippen LogP) is 2.36. The van der Waals surface area contributed by atoms with Crippen LogP contribution in [-0.4, -0.2) is 34.6 Å². The van der Waals surface area contributed by atoms with Crippen molar-refractivity contribution >= 4 is 22.9 Å². The van der Waals surface area contributed by atoms with E-state index in [4.69, 9.17) is 11.6 Å². The first-order chi connectivity index (χ1) is 9.15. The molecule has 0 saturated carbocycles. The van der Waals surface area contributed by atoms with Gasteiger partial charge in [-0.15, -0.1) is 11.3 Å². The van der Waals surface area contributed by atoms with Crippen molar-refractivity contribution in [1.29, 1.82) is 0 Å². The van der Waals surface area contributed by atoms with Crippen LogP contribution in [0.5, 0.6) is 0 Å². The van der Waals surface area contributed by atoms with Crippen LogP contribution in [-0.2, 0) is 20.1 Å². The molecule has 2 aromatic rings. The Morgan fingerprint density at radius 1 is 1.47 bits per heavy atom. The van der Waals surface area contributed by atoms with E-state index in [1.165, 1.54) is 4.88 Å². The third-order valence-corrected chi connectivity index (χ3v) is 4.16. The predicted molar refractivity (Wildman–Crippen MR) is 80.6 cm³/mol. The SMILES string of the molecule is CN(CCNCc1ccc(Cl)s1)Cc1nccn1C. The van der Waals surface area contributed by atoms with Crippen LogP contribution in [0.1, 0.15) is 10.7 Å². The van der Waals surface area contributed by atoms with Crippen molar-refractivity contribution in [1.82, 2.24) is 19.8 Å². The monoisotopic (exact) mass is 298 g/mol. The first kappa shape index (κ1) is 14.5. The highest BCUT2D eigenvalue weighted by atomic mass is 35.5. The molecule has 6 heteroatoms. The maximum Gasteiger partial charge on any atom is 0.122 e. The van der Waals surface area contributed by atoms with Gasteiger partial charge in [0.1, 0.15) is 5.82 Å². The second-order valence-corrected chi connectivity index (χ2v) is 6.37. The lowest BCUT2D eigenvalue weighted by Gasteiger charge is -2.16. The van der Waals surface area contributed by atoms with Gasteiger partial charge in [0.2, 0.25) is 0 Å². The molecular weight excluding hydrogens is 280 g/mol. The molecule has 0 saturated heterocycles. The van der Waals surface area contributed by atoms with E-state index in [2.05, 4.69) is 32.9 Å². The van der Waals surface area contributed by atoms with E-state index < -0.39 is 0 Å². The minimum Gasteiger partial charge on any atom is -0.337 e. The number of nitrogens with one attached hydrogen (secondary N) is 1. The largest absolute Gasteiger partial charge is 0.337 e. The van der Waals surface area contributed by atoms with E-state index in [-0.39, 0.29) is 0 Å². The molecule has 0 radical (unpaired) electrons. The van der Waals surface area contributed by atoms with Gasteiger partial charge in [0.25, 0.3) is 0 Å². The maximum atomic E-state index is 5.89. The van der Waals surface area contributed by atoms with Gasteiger partial charge in [-0.3, -0.25) is 4.90 Å². The van der Waals surface area contributed by atoms with Gasteiger partial charge in [-0.25, -0.2) is 4.98 Å². The number of halogens is 1. The zero-order valence-corrected chi connectivity index (χ0v) is 12.8. The van der Waals surface area contributed by atoms with Crippen molar-refractivity contribution in [2.45, 2.75) is 13.1 Å². The summed E-state index contributed by atoms with van der Waals surface area (Å²) in [6.45, 7) is 3.70. The van der Waals surface area contributed by atoms with E-state index in [1.54, 1.807) is 11.3 Å². The minimum absolute atomic E-state index is 0.851. The molecule has 0 atom stereocenters. The summed E-state index contributed by atoms with van der Waals surface area (Å²) in [6, 6.07) is 4.01. The first-order valence-corrected chi connectivity index (χ1v) is 7.44. The summed E-state index contributed by atoms with van der Waals surface area (Å²) in [5.74, 6) is 1.09. The first-order valence-electron chi connectivity index (χ1n) is 6.25. The van der Waals surface area contributed by atoms with Gasteiger partial charge in [0.05, 0.1) is 10.9 Å². The van der Waals surface area contributed by atoms with Gasteiger partial charge < -0.3 is 9.88 Å². The highest BCUT2D eigenvalue weighted by Gasteiger charge is 2.04. The van der Waals surface area contributed by atoms with E-state index in [0.717, 1.165) is 36.3 Å². The fourth-order valence-corrected chi connectivity index (χ4v) is 2.85. The summed E-state index contributed by atoms with van der Waals surface area (Å²) in [7, 11) is 4.13. The Labute approximate surface area is 123 Å². The zero-order chi connectivity index (χ0) is 13.7. The van der Waals surface area contributed by atoms with Crippen molar-refractivity contribution in [3.8, 4) is 0 Å². The lowest BCUT2D eigenvalue weighted by Crippen LogP contribution is -2.29. The van der Waals surface area contributed by atoms with E-state index in [1.807, 2.05) is 25.5 Å². The van der Waals surface area contributed by atoms with Crippen LogP contribution in [0, 0.1) is 0 Å². The molecule has 0 amide bonds. The number of thiophene rings is 1. The van der Waals surface area contributed by atoms with Crippen LogP contribution in [0.15, 0.2) is 24.5 Å². The van der Waals surface area contributed by atoms with E-state index in [9.17, 15) is 0 Å². The van der Waals surface area contributed by atoms with E-state index in [0.29, 0.717) is 0 Å². The van der Waals surface area contributed by atoms with Crippen molar-refractivity contribution in [2.24, 2.45) is 7.05 Å². The molecular formula is C13H19ClN4S. The van der Waals surface area contributed by atoms with Crippen LogP contribution in [0.4, 0.5) is 0 Å². The highest BCUT2D eigenvalue weighted by Crippen LogP contribution is 2.20. The smallest absolute Gasteiger partial charge is 0.122 e. The number of rotatable bonds is 7. The van der Waals surface area contributed by atoms with Crippen molar-refractivity contribution in [2.75, 3.05) is 20.1 Å². The molecule has 19 heavy (non-hydrogen) atoms. The van der Waals surface area contributed by atoms with Crippen molar-refractivity contribution in [3.05, 3.63) is 39.6 Å². The molecule has 0 aliphatic carbocycles. The molecule has 0 spiro atoms. The third kappa shape index (κ3) is 4.62. The number of hydrogen-bond acceptors (Lipinski definition) is 4. The Hall–Kier alpha value is -0.880. The molecule has 0 fully saturated rings. The second kappa shape index (κ2) is 7.05. The van der Waals surface area contributed by atoms with Crippen LogP contribution in [0.2, 0.25) is 4.34 Å². The Kier molecular flexibility index (Phi) is 5.39. The summed E-state index contributed by atoms with van der Waals surface area (Å²) in [6.07, 6.45) is 3.81.